The summed E-state index contributed by atoms with van der Waals surface area (Å²) in [4.78, 5) is 4.37. The Bertz CT molecular complexity index is 791. The molecule has 0 radical (unpaired) electrons. The third-order valence-corrected chi connectivity index (χ3v) is 3.94. The van der Waals surface area contributed by atoms with Crippen molar-refractivity contribution in [3.63, 3.8) is 0 Å². The van der Waals surface area contributed by atoms with E-state index in [1.165, 1.54) is 11.8 Å². The maximum absolute atomic E-state index is 6.14. The number of anilines is 3. The summed E-state index contributed by atoms with van der Waals surface area (Å²) in [6, 6.07) is 15.5. The van der Waals surface area contributed by atoms with E-state index in [1.807, 2.05) is 18.2 Å². The van der Waals surface area contributed by atoms with Crippen LogP contribution in [-0.2, 0) is 6.42 Å². The Morgan fingerprint density at radius 2 is 1.67 bits per heavy atom. The van der Waals surface area contributed by atoms with Crippen molar-refractivity contribution in [1.82, 2.24) is 15.2 Å². The highest BCUT2D eigenvalue weighted by molar-refractivity contribution is 6.39. The highest BCUT2D eigenvalue weighted by atomic mass is 35.5. The van der Waals surface area contributed by atoms with Gasteiger partial charge in [-0.2, -0.15) is 10.1 Å². The predicted octanol–water partition coefficient (Wildman–Crippen LogP) is 4.58. The summed E-state index contributed by atoms with van der Waals surface area (Å²) in [6.45, 7) is 0.710. The molecule has 1 heterocycles. The lowest BCUT2D eigenvalue weighted by Crippen LogP contribution is -2.09. The number of halogens is 2. The molecule has 0 saturated carbocycles. The molecule has 122 valence electrons. The number of para-hydroxylation sites is 1. The zero-order valence-electron chi connectivity index (χ0n) is 12.7. The Labute approximate surface area is 150 Å². The van der Waals surface area contributed by atoms with Crippen LogP contribution in [0.5, 0.6) is 0 Å². The molecule has 0 unspecified atom stereocenters. The Morgan fingerprint density at radius 1 is 0.917 bits per heavy atom. The van der Waals surface area contributed by atoms with E-state index >= 15 is 0 Å². The van der Waals surface area contributed by atoms with E-state index in [0.717, 1.165) is 6.42 Å². The average Bonchev–Trinajstić information content (AvgIpc) is 2.60. The van der Waals surface area contributed by atoms with E-state index in [0.29, 0.717) is 34.0 Å². The van der Waals surface area contributed by atoms with Gasteiger partial charge in [-0.1, -0.05) is 59.6 Å². The molecule has 24 heavy (non-hydrogen) atoms. The molecule has 0 aliphatic rings. The molecule has 2 aromatic carbocycles. The van der Waals surface area contributed by atoms with Gasteiger partial charge in [-0.05, 0) is 24.1 Å². The van der Waals surface area contributed by atoms with Gasteiger partial charge in [0.25, 0.3) is 0 Å². The number of rotatable bonds is 6. The van der Waals surface area contributed by atoms with Crippen molar-refractivity contribution >= 4 is 40.7 Å². The molecule has 0 amide bonds. The number of hydrogen-bond donors (Lipinski definition) is 2. The topological polar surface area (TPSA) is 62.7 Å². The van der Waals surface area contributed by atoms with Crippen LogP contribution < -0.4 is 10.6 Å². The number of aromatic nitrogens is 3. The first-order valence-corrected chi connectivity index (χ1v) is 8.16. The average molecular weight is 360 g/mol. The normalized spacial score (nSPS) is 10.4. The lowest BCUT2D eigenvalue weighted by atomic mass is 10.1. The third kappa shape index (κ3) is 4.34. The lowest BCUT2D eigenvalue weighted by Gasteiger charge is -2.10. The van der Waals surface area contributed by atoms with Gasteiger partial charge < -0.3 is 10.6 Å². The summed E-state index contributed by atoms with van der Waals surface area (Å²) in [5.74, 6) is 0.960. The van der Waals surface area contributed by atoms with E-state index < -0.39 is 0 Å². The zero-order valence-corrected chi connectivity index (χ0v) is 14.2. The Hall–Kier alpha value is -2.37. The van der Waals surface area contributed by atoms with Gasteiger partial charge in [-0.25, -0.2) is 0 Å². The molecule has 0 spiro atoms. The van der Waals surface area contributed by atoms with Crippen LogP contribution in [0.1, 0.15) is 5.56 Å². The summed E-state index contributed by atoms with van der Waals surface area (Å²) in [6.07, 6.45) is 2.39. The molecule has 0 saturated heterocycles. The predicted molar refractivity (Wildman–Crippen MR) is 98.2 cm³/mol. The summed E-state index contributed by atoms with van der Waals surface area (Å²) in [5, 5.41) is 15.2. The molecule has 0 fully saturated rings. The first kappa shape index (κ1) is 16.5. The highest BCUT2D eigenvalue weighted by Gasteiger charge is 2.07. The van der Waals surface area contributed by atoms with Crippen molar-refractivity contribution in [3.05, 3.63) is 70.3 Å². The number of hydrogen-bond acceptors (Lipinski definition) is 5. The molecule has 0 bridgehead atoms. The maximum atomic E-state index is 6.14. The van der Waals surface area contributed by atoms with Crippen LogP contribution in [0, 0.1) is 0 Å². The van der Waals surface area contributed by atoms with Crippen LogP contribution in [0.2, 0.25) is 10.0 Å². The minimum atomic E-state index is 0.444. The smallest absolute Gasteiger partial charge is 0.244 e. The molecule has 3 rings (SSSR count). The second kappa shape index (κ2) is 7.95. The van der Waals surface area contributed by atoms with Crippen LogP contribution in [0.3, 0.4) is 0 Å². The number of nitrogens with one attached hydrogen (secondary N) is 2. The highest BCUT2D eigenvalue weighted by Crippen LogP contribution is 2.31. The van der Waals surface area contributed by atoms with Crippen molar-refractivity contribution in [2.45, 2.75) is 6.42 Å². The van der Waals surface area contributed by atoms with Crippen LogP contribution in [0.4, 0.5) is 17.5 Å². The summed E-state index contributed by atoms with van der Waals surface area (Å²) in [7, 11) is 0. The van der Waals surface area contributed by atoms with Gasteiger partial charge in [0.15, 0.2) is 5.82 Å². The molecule has 0 aliphatic heterocycles. The van der Waals surface area contributed by atoms with Crippen molar-refractivity contribution in [2.75, 3.05) is 17.2 Å². The Balaban J connectivity index is 1.64. The van der Waals surface area contributed by atoms with Crippen molar-refractivity contribution in [2.24, 2.45) is 0 Å². The lowest BCUT2D eigenvalue weighted by molar-refractivity contribution is 0.929. The minimum Gasteiger partial charge on any atom is -0.353 e. The fraction of sp³-hybridized carbons (Fsp3) is 0.118. The minimum absolute atomic E-state index is 0.444. The SMILES string of the molecule is Clc1cccc(Cl)c1Nc1cnnc(NCCc2ccccc2)n1. The fourth-order valence-corrected chi connectivity index (χ4v) is 2.64. The van der Waals surface area contributed by atoms with Crippen molar-refractivity contribution in [1.29, 1.82) is 0 Å². The molecule has 7 heteroatoms. The van der Waals surface area contributed by atoms with Gasteiger partial charge in [0, 0.05) is 6.54 Å². The second-order valence-electron chi connectivity index (χ2n) is 5.05. The van der Waals surface area contributed by atoms with Crippen LogP contribution >= 0.6 is 23.2 Å². The third-order valence-electron chi connectivity index (χ3n) is 3.31. The molecular formula is C17H15Cl2N5. The van der Waals surface area contributed by atoms with Crippen LogP contribution in [0.25, 0.3) is 0 Å². The van der Waals surface area contributed by atoms with E-state index in [1.54, 1.807) is 18.2 Å². The summed E-state index contributed by atoms with van der Waals surface area (Å²) in [5.41, 5.74) is 1.84. The molecule has 5 nitrogen and oxygen atoms in total. The molecule has 3 aromatic rings. The Morgan fingerprint density at radius 3 is 2.42 bits per heavy atom. The van der Waals surface area contributed by atoms with Gasteiger partial charge in [0.2, 0.25) is 5.95 Å². The molecule has 2 N–H and O–H groups in total. The molecule has 0 aliphatic carbocycles. The van der Waals surface area contributed by atoms with Crippen molar-refractivity contribution in [3.8, 4) is 0 Å². The van der Waals surface area contributed by atoms with E-state index in [9.17, 15) is 0 Å². The standard InChI is InChI=1S/C17H15Cl2N5/c18-13-7-4-8-14(19)16(13)22-15-11-21-24-17(23-15)20-10-9-12-5-2-1-3-6-12/h1-8,11H,9-10H2,(H2,20,22,23,24). The van der Waals surface area contributed by atoms with E-state index in [4.69, 9.17) is 23.2 Å². The van der Waals surface area contributed by atoms with E-state index in [-0.39, 0.29) is 0 Å². The largest absolute Gasteiger partial charge is 0.353 e. The quantitative estimate of drug-likeness (QED) is 0.674. The number of benzene rings is 2. The molecule has 0 atom stereocenters. The van der Waals surface area contributed by atoms with Crippen LogP contribution in [0.15, 0.2) is 54.7 Å². The first-order valence-electron chi connectivity index (χ1n) is 7.41. The fourth-order valence-electron chi connectivity index (χ4n) is 2.15. The molecular weight excluding hydrogens is 345 g/mol. The molecule has 1 aromatic heterocycles. The van der Waals surface area contributed by atoms with Gasteiger partial charge in [0.05, 0.1) is 21.9 Å². The maximum Gasteiger partial charge on any atom is 0.244 e. The summed E-state index contributed by atoms with van der Waals surface area (Å²) >= 11 is 12.3. The Kier molecular flexibility index (Phi) is 5.46. The van der Waals surface area contributed by atoms with Gasteiger partial charge in [-0.15, -0.1) is 5.10 Å². The van der Waals surface area contributed by atoms with Crippen molar-refractivity contribution < 1.29 is 0 Å². The van der Waals surface area contributed by atoms with Gasteiger partial charge in [-0.3, -0.25) is 0 Å². The van der Waals surface area contributed by atoms with Crippen LogP contribution in [-0.4, -0.2) is 21.7 Å². The number of nitrogens with zero attached hydrogens (tertiary/aromatic N) is 3. The summed E-state index contributed by atoms with van der Waals surface area (Å²) < 4.78 is 0. The van der Waals surface area contributed by atoms with Gasteiger partial charge >= 0.3 is 0 Å². The van der Waals surface area contributed by atoms with E-state index in [2.05, 4.69) is 37.9 Å². The zero-order chi connectivity index (χ0) is 16.8. The second-order valence-corrected chi connectivity index (χ2v) is 5.86. The first-order chi connectivity index (χ1) is 11.7. The monoisotopic (exact) mass is 359 g/mol. The van der Waals surface area contributed by atoms with Gasteiger partial charge in [0.1, 0.15) is 0 Å².